The molecule has 1 aromatic carbocycles. The van der Waals surface area contributed by atoms with E-state index in [0.29, 0.717) is 16.7 Å². The average Bonchev–Trinajstić information content (AvgIpc) is 3.15. The highest BCUT2D eigenvalue weighted by atomic mass is 35.5. The van der Waals surface area contributed by atoms with Crippen molar-refractivity contribution >= 4 is 52.1 Å². The van der Waals surface area contributed by atoms with Crippen LogP contribution in [0.4, 0.5) is 5.82 Å². The number of anilines is 1. The molecule has 1 aliphatic heterocycles. The van der Waals surface area contributed by atoms with E-state index >= 15 is 0 Å². The average molecular weight is 495 g/mol. The lowest BCUT2D eigenvalue weighted by molar-refractivity contribution is -0.119. The number of nitrogens with two attached hydrogens (primary N) is 1. The van der Waals surface area contributed by atoms with Gasteiger partial charge in [0.05, 0.1) is 11.6 Å². The van der Waals surface area contributed by atoms with E-state index in [1.165, 1.54) is 22.3 Å². The summed E-state index contributed by atoms with van der Waals surface area (Å²) in [6, 6.07) is 9.85. The smallest absolute Gasteiger partial charge is 0.233 e. The number of hydrogen-bond donors (Lipinski definition) is 2. The van der Waals surface area contributed by atoms with Crippen molar-refractivity contribution in [3.63, 3.8) is 0 Å². The number of likely N-dealkylation sites (N-methyl/N-ethyl adjacent to an activating group) is 1. The minimum atomic E-state index is -0.145. The number of nitrogens with one attached hydrogen (secondary N) is 1. The van der Waals surface area contributed by atoms with E-state index in [2.05, 4.69) is 32.2 Å². The van der Waals surface area contributed by atoms with Gasteiger partial charge in [0.2, 0.25) is 5.91 Å². The number of aromatic nitrogens is 1. The summed E-state index contributed by atoms with van der Waals surface area (Å²) in [5.41, 5.74) is 10.8. The van der Waals surface area contributed by atoms with Crippen molar-refractivity contribution in [3.05, 3.63) is 62.2 Å². The molecular formula is C23H26Cl3N5O. The van der Waals surface area contributed by atoms with Gasteiger partial charge >= 0.3 is 0 Å². The van der Waals surface area contributed by atoms with E-state index in [-0.39, 0.29) is 18.5 Å². The molecule has 4 rings (SSSR count). The SMILES string of the molecule is CN(CCN1CCC2=C(Cc3ccc(Cl)cc32)C1CNC(=O)CN)c1ccc(Cl)c(Cl)n1. The Morgan fingerprint density at radius 1 is 1.28 bits per heavy atom. The predicted octanol–water partition coefficient (Wildman–Crippen LogP) is 3.64. The highest BCUT2D eigenvalue weighted by Gasteiger charge is 2.34. The second kappa shape index (κ2) is 9.98. The molecule has 2 aliphatic rings. The highest BCUT2D eigenvalue weighted by molar-refractivity contribution is 6.41. The maximum absolute atomic E-state index is 11.9. The van der Waals surface area contributed by atoms with E-state index in [1.807, 2.05) is 19.2 Å². The Labute approximate surface area is 203 Å². The fraction of sp³-hybridized carbons (Fsp3) is 0.391. The fourth-order valence-electron chi connectivity index (χ4n) is 4.53. The first-order valence-electron chi connectivity index (χ1n) is 10.6. The molecule has 0 fully saturated rings. The maximum Gasteiger partial charge on any atom is 0.233 e. The Bertz CT molecular complexity index is 1060. The van der Waals surface area contributed by atoms with Crippen LogP contribution < -0.4 is 16.0 Å². The molecule has 0 spiro atoms. The number of fused-ring (bicyclic) bond motifs is 2. The molecule has 170 valence electrons. The molecule has 2 aromatic rings. The van der Waals surface area contributed by atoms with Gasteiger partial charge in [0.1, 0.15) is 11.0 Å². The van der Waals surface area contributed by atoms with Crippen molar-refractivity contribution in [1.29, 1.82) is 0 Å². The quantitative estimate of drug-likeness (QED) is 0.575. The number of amides is 1. The van der Waals surface area contributed by atoms with Gasteiger partial charge in [0, 0.05) is 44.3 Å². The number of halogens is 3. The van der Waals surface area contributed by atoms with Gasteiger partial charge in [-0.25, -0.2) is 4.98 Å². The van der Waals surface area contributed by atoms with E-state index in [4.69, 9.17) is 40.5 Å². The van der Waals surface area contributed by atoms with Gasteiger partial charge < -0.3 is 16.0 Å². The first-order chi connectivity index (χ1) is 15.4. The zero-order valence-electron chi connectivity index (χ0n) is 17.9. The van der Waals surface area contributed by atoms with Crippen molar-refractivity contribution < 1.29 is 4.79 Å². The zero-order chi connectivity index (χ0) is 22.8. The Morgan fingerprint density at radius 3 is 2.84 bits per heavy atom. The number of rotatable bonds is 7. The summed E-state index contributed by atoms with van der Waals surface area (Å²) in [6.07, 6.45) is 1.84. The van der Waals surface area contributed by atoms with Crippen LogP contribution in [0.1, 0.15) is 17.5 Å². The van der Waals surface area contributed by atoms with Crippen LogP contribution >= 0.6 is 34.8 Å². The number of nitrogens with zero attached hydrogens (tertiary/aromatic N) is 3. The third kappa shape index (κ3) is 4.90. The lowest BCUT2D eigenvalue weighted by Crippen LogP contribution is -2.50. The first-order valence-corrected chi connectivity index (χ1v) is 11.8. The molecule has 3 N–H and O–H groups in total. The minimum absolute atomic E-state index is 0.0137. The number of carbonyl (C=O) groups is 1. The summed E-state index contributed by atoms with van der Waals surface area (Å²) in [4.78, 5) is 20.7. The summed E-state index contributed by atoms with van der Waals surface area (Å²) < 4.78 is 0. The molecule has 1 atom stereocenters. The molecule has 2 heterocycles. The molecule has 0 bridgehead atoms. The summed E-state index contributed by atoms with van der Waals surface area (Å²) in [5.74, 6) is 0.626. The molecule has 1 aromatic heterocycles. The fourth-order valence-corrected chi connectivity index (χ4v) is 4.96. The Balaban J connectivity index is 1.51. The topological polar surface area (TPSA) is 74.5 Å². The van der Waals surface area contributed by atoms with Gasteiger partial charge in [-0.15, -0.1) is 0 Å². The summed E-state index contributed by atoms with van der Waals surface area (Å²) in [5, 5.41) is 4.49. The molecule has 1 amide bonds. The normalized spacial score (nSPS) is 17.8. The summed E-state index contributed by atoms with van der Waals surface area (Å²) >= 11 is 18.4. The van der Waals surface area contributed by atoms with Crippen LogP contribution in [-0.4, -0.2) is 61.6 Å². The maximum atomic E-state index is 11.9. The number of hydrogen-bond acceptors (Lipinski definition) is 5. The van der Waals surface area contributed by atoms with Crippen LogP contribution in [0.3, 0.4) is 0 Å². The first kappa shape index (κ1) is 23.3. The lowest BCUT2D eigenvalue weighted by Gasteiger charge is -2.38. The third-order valence-corrected chi connectivity index (χ3v) is 7.16. The number of benzene rings is 1. The molecule has 0 radical (unpaired) electrons. The van der Waals surface area contributed by atoms with Gasteiger partial charge in [-0.3, -0.25) is 9.69 Å². The minimum Gasteiger partial charge on any atom is -0.358 e. The van der Waals surface area contributed by atoms with Crippen molar-refractivity contribution in [2.45, 2.75) is 18.9 Å². The molecule has 0 saturated carbocycles. The van der Waals surface area contributed by atoms with Crippen LogP contribution in [-0.2, 0) is 11.2 Å². The highest BCUT2D eigenvalue weighted by Crippen LogP contribution is 2.41. The molecule has 9 heteroatoms. The van der Waals surface area contributed by atoms with Crippen LogP contribution in [0, 0.1) is 0 Å². The van der Waals surface area contributed by atoms with E-state index in [0.717, 1.165) is 43.3 Å². The molecule has 1 unspecified atom stereocenters. The summed E-state index contributed by atoms with van der Waals surface area (Å²) in [6.45, 7) is 2.99. The second-order valence-corrected chi connectivity index (χ2v) is 9.36. The van der Waals surface area contributed by atoms with Crippen molar-refractivity contribution in [1.82, 2.24) is 15.2 Å². The Morgan fingerprint density at radius 2 is 2.09 bits per heavy atom. The van der Waals surface area contributed by atoms with Crippen molar-refractivity contribution in [2.24, 2.45) is 5.73 Å². The lowest BCUT2D eigenvalue weighted by atomic mass is 9.92. The van der Waals surface area contributed by atoms with E-state index in [1.54, 1.807) is 6.07 Å². The predicted molar refractivity (Wildman–Crippen MR) is 132 cm³/mol. The molecule has 32 heavy (non-hydrogen) atoms. The van der Waals surface area contributed by atoms with Gasteiger partial charge in [0.25, 0.3) is 0 Å². The Kier molecular flexibility index (Phi) is 7.27. The zero-order valence-corrected chi connectivity index (χ0v) is 20.1. The number of pyridine rings is 1. The van der Waals surface area contributed by atoms with Gasteiger partial charge in [-0.2, -0.15) is 0 Å². The molecule has 6 nitrogen and oxygen atoms in total. The molecular weight excluding hydrogens is 469 g/mol. The molecule has 0 saturated heterocycles. The van der Waals surface area contributed by atoms with Gasteiger partial charge in [-0.05, 0) is 59.4 Å². The van der Waals surface area contributed by atoms with E-state index < -0.39 is 0 Å². The van der Waals surface area contributed by atoms with Gasteiger partial charge in [-0.1, -0.05) is 40.9 Å². The van der Waals surface area contributed by atoms with Crippen molar-refractivity contribution in [3.8, 4) is 0 Å². The van der Waals surface area contributed by atoms with Crippen molar-refractivity contribution in [2.75, 3.05) is 44.7 Å². The number of carbonyl (C=O) groups excluding carboxylic acids is 1. The second-order valence-electron chi connectivity index (χ2n) is 8.16. The van der Waals surface area contributed by atoms with Crippen LogP contribution in [0.5, 0.6) is 0 Å². The molecule has 1 aliphatic carbocycles. The van der Waals surface area contributed by atoms with Gasteiger partial charge in [0.15, 0.2) is 0 Å². The standard InChI is InChI=1S/C23H26Cl3N5O/c1-30(21-5-4-19(25)23(26)29-21)8-9-31-7-6-16-17-11-15(24)3-2-14(17)10-18(16)20(31)13-28-22(32)12-27/h2-5,11,20H,6-10,12-13,27H2,1H3,(H,28,32). The van der Waals surface area contributed by atoms with Crippen LogP contribution in [0.25, 0.3) is 5.57 Å². The summed E-state index contributed by atoms with van der Waals surface area (Å²) in [7, 11) is 1.99. The Hall–Kier alpha value is -1.83. The van der Waals surface area contributed by atoms with Crippen LogP contribution in [0.15, 0.2) is 35.9 Å². The largest absolute Gasteiger partial charge is 0.358 e. The van der Waals surface area contributed by atoms with Crippen LogP contribution in [0.2, 0.25) is 15.2 Å². The van der Waals surface area contributed by atoms with E-state index in [9.17, 15) is 4.79 Å². The monoisotopic (exact) mass is 493 g/mol. The third-order valence-electron chi connectivity index (χ3n) is 6.24.